The van der Waals surface area contributed by atoms with E-state index in [0.29, 0.717) is 5.56 Å². The number of carbonyl (C=O) groups is 3. The Morgan fingerprint density at radius 3 is 2.68 bits per heavy atom. The third kappa shape index (κ3) is 3.92. The topological polar surface area (TPSA) is 96.3 Å². The predicted octanol–water partition coefficient (Wildman–Crippen LogP) is 1.86. The molecule has 2 aromatic rings. The number of likely N-dealkylation sites (N-methyl/N-ethyl adjacent to an activating group) is 1. The number of halogens is 1. The first-order chi connectivity index (χ1) is 14.8. The molecule has 0 saturated heterocycles. The van der Waals surface area contributed by atoms with Gasteiger partial charge in [0, 0.05) is 31.3 Å². The quantitative estimate of drug-likeness (QED) is 0.761. The molecule has 1 saturated carbocycles. The molecule has 2 aliphatic rings. The summed E-state index contributed by atoms with van der Waals surface area (Å²) < 4.78 is 15.2. The van der Waals surface area contributed by atoms with Crippen LogP contribution in [-0.2, 0) is 17.9 Å². The van der Waals surface area contributed by atoms with E-state index in [1.54, 1.807) is 32.2 Å². The number of benzene rings is 1. The smallest absolute Gasteiger partial charge is 0.272 e. The van der Waals surface area contributed by atoms with Crippen LogP contribution in [-0.4, -0.2) is 51.0 Å². The lowest BCUT2D eigenvalue weighted by molar-refractivity contribution is -0.133. The summed E-state index contributed by atoms with van der Waals surface area (Å²) in [5, 5.41) is 9.94. The molecule has 8 nitrogen and oxygen atoms in total. The molecule has 1 aliphatic heterocycles. The molecule has 2 heterocycles. The highest BCUT2D eigenvalue weighted by Crippen LogP contribution is 2.27. The van der Waals surface area contributed by atoms with Crippen molar-refractivity contribution in [2.24, 2.45) is 0 Å². The van der Waals surface area contributed by atoms with Crippen molar-refractivity contribution in [2.75, 3.05) is 7.05 Å². The van der Waals surface area contributed by atoms with E-state index >= 15 is 0 Å². The van der Waals surface area contributed by atoms with Crippen LogP contribution in [0.2, 0.25) is 0 Å². The van der Waals surface area contributed by atoms with Crippen LogP contribution in [0.4, 0.5) is 4.39 Å². The van der Waals surface area contributed by atoms with E-state index in [9.17, 15) is 18.8 Å². The summed E-state index contributed by atoms with van der Waals surface area (Å²) in [7, 11) is 1.59. The molecule has 1 atom stereocenters. The molecule has 9 heteroatoms. The van der Waals surface area contributed by atoms with Crippen LogP contribution in [0.5, 0.6) is 0 Å². The van der Waals surface area contributed by atoms with Crippen LogP contribution in [0.3, 0.4) is 0 Å². The van der Waals surface area contributed by atoms with Gasteiger partial charge in [-0.2, -0.15) is 5.10 Å². The fraction of sp³-hybridized carbons (Fsp3) is 0.455. The number of rotatable bonds is 5. The molecule has 0 bridgehead atoms. The molecule has 0 spiro atoms. The molecule has 31 heavy (non-hydrogen) atoms. The van der Waals surface area contributed by atoms with Crippen LogP contribution in [0, 0.1) is 5.82 Å². The zero-order chi connectivity index (χ0) is 22.2. The predicted molar refractivity (Wildman–Crippen MR) is 111 cm³/mol. The van der Waals surface area contributed by atoms with Crippen molar-refractivity contribution >= 4 is 17.7 Å². The fourth-order valence-electron chi connectivity index (χ4n) is 4.16. The van der Waals surface area contributed by atoms with E-state index in [0.717, 1.165) is 25.7 Å². The SMILES string of the molecule is CN1C(=O)c2cc(C(=O)NCc3ccccc3F)nn2C[C@@]1(C)C(=O)NC1CCCC1. The maximum absolute atomic E-state index is 13.8. The lowest BCUT2D eigenvalue weighted by Crippen LogP contribution is -2.63. The number of aromatic nitrogens is 2. The number of hydrogen-bond acceptors (Lipinski definition) is 4. The summed E-state index contributed by atoms with van der Waals surface area (Å²) in [4.78, 5) is 39.9. The van der Waals surface area contributed by atoms with Crippen molar-refractivity contribution in [3.63, 3.8) is 0 Å². The highest BCUT2D eigenvalue weighted by atomic mass is 19.1. The van der Waals surface area contributed by atoms with Gasteiger partial charge in [-0.25, -0.2) is 4.39 Å². The summed E-state index contributed by atoms with van der Waals surface area (Å²) in [6.45, 7) is 1.85. The molecule has 164 valence electrons. The van der Waals surface area contributed by atoms with Crippen LogP contribution in [0.1, 0.15) is 59.1 Å². The minimum atomic E-state index is -1.11. The van der Waals surface area contributed by atoms with Crippen molar-refractivity contribution in [1.82, 2.24) is 25.3 Å². The highest BCUT2D eigenvalue weighted by Gasteiger charge is 2.46. The van der Waals surface area contributed by atoms with Gasteiger partial charge < -0.3 is 15.5 Å². The van der Waals surface area contributed by atoms with Crippen molar-refractivity contribution in [2.45, 2.75) is 57.3 Å². The highest BCUT2D eigenvalue weighted by molar-refractivity contribution is 6.01. The Morgan fingerprint density at radius 1 is 1.26 bits per heavy atom. The van der Waals surface area contributed by atoms with Crippen molar-refractivity contribution in [3.8, 4) is 0 Å². The molecule has 1 aromatic heterocycles. The average Bonchev–Trinajstić information content (AvgIpc) is 3.41. The van der Waals surface area contributed by atoms with Crippen LogP contribution in [0.15, 0.2) is 30.3 Å². The second-order valence-electron chi connectivity index (χ2n) is 8.44. The first kappa shape index (κ1) is 21.0. The lowest BCUT2D eigenvalue weighted by atomic mass is 9.95. The Kier molecular flexibility index (Phi) is 5.51. The number of nitrogens with zero attached hydrogens (tertiary/aromatic N) is 3. The number of nitrogens with one attached hydrogen (secondary N) is 2. The summed E-state index contributed by atoms with van der Waals surface area (Å²) >= 11 is 0. The summed E-state index contributed by atoms with van der Waals surface area (Å²) in [5.41, 5.74) is -0.468. The van der Waals surface area contributed by atoms with Gasteiger partial charge in [-0.1, -0.05) is 31.0 Å². The molecule has 1 aliphatic carbocycles. The van der Waals surface area contributed by atoms with Crippen LogP contribution >= 0.6 is 0 Å². The van der Waals surface area contributed by atoms with Crippen molar-refractivity contribution in [3.05, 3.63) is 53.1 Å². The molecule has 0 radical (unpaired) electrons. The second kappa shape index (κ2) is 8.13. The van der Waals surface area contributed by atoms with Gasteiger partial charge in [0.05, 0.1) is 6.54 Å². The van der Waals surface area contributed by atoms with Gasteiger partial charge in [-0.15, -0.1) is 0 Å². The van der Waals surface area contributed by atoms with Crippen LogP contribution in [0.25, 0.3) is 0 Å². The monoisotopic (exact) mass is 427 g/mol. The molecule has 2 N–H and O–H groups in total. The van der Waals surface area contributed by atoms with Crippen molar-refractivity contribution < 1.29 is 18.8 Å². The van der Waals surface area contributed by atoms with Gasteiger partial charge in [0.25, 0.3) is 11.8 Å². The zero-order valence-electron chi connectivity index (χ0n) is 17.7. The number of carbonyl (C=O) groups excluding carboxylic acids is 3. The Labute approximate surface area is 179 Å². The molecule has 1 aromatic carbocycles. The van der Waals surface area contributed by atoms with Gasteiger partial charge in [-0.3, -0.25) is 19.1 Å². The minimum Gasteiger partial charge on any atom is -0.351 e. The maximum Gasteiger partial charge on any atom is 0.272 e. The van der Waals surface area contributed by atoms with E-state index in [2.05, 4.69) is 15.7 Å². The minimum absolute atomic E-state index is 0.00303. The zero-order valence-corrected chi connectivity index (χ0v) is 17.7. The van der Waals surface area contributed by atoms with E-state index < -0.39 is 17.3 Å². The number of hydrogen-bond donors (Lipinski definition) is 2. The van der Waals surface area contributed by atoms with E-state index in [-0.39, 0.29) is 42.3 Å². The Morgan fingerprint density at radius 2 is 1.97 bits per heavy atom. The van der Waals surface area contributed by atoms with E-state index in [1.165, 1.54) is 21.7 Å². The number of fused-ring (bicyclic) bond motifs is 1. The fourth-order valence-corrected chi connectivity index (χ4v) is 4.16. The summed E-state index contributed by atoms with van der Waals surface area (Å²) in [6, 6.07) is 7.71. The Hall–Kier alpha value is -3.23. The second-order valence-corrected chi connectivity index (χ2v) is 8.44. The Balaban J connectivity index is 1.50. The Bertz CT molecular complexity index is 1030. The van der Waals surface area contributed by atoms with Crippen molar-refractivity contribution in [1.29, 1.82) is 0 Å². The van der Waals surface area contributed by atoms with E-state index in [4.69, 9.17) is 0 Å². The molecule has 4 rings (SSSR count). The first-order valence-electron chi connectivity index (χ1n) is 10.5. The van der Waals surface area contributed by atoms with Gasteiger partial charge in [0.2, 0.25) is 5.91 Å². The van der Waals surface area contributed by atoms with Gasteiger partial charge in [0.15, 0.2) is 5.69 Å². The number of amides is 3. The molecule has 0 unspecified atom stereocenters. The molecular weight excluding hydrogens is 401 g/mol. The van der Waals surface area contributed by atoms with Crippen LogP contribution < -0.4 is 10.6 Å². The van der Waals surface area contributed by atoms with Gasteiger partial charge in [0.1, 0.15) is 17.1 Å². The largest absolute Gasteiger partial charge is 0.351 e. The standard InChI is InChI=1S/C22H26FN5O3/c1-22(21(31)25-15-8-4-5-9-15)13-28-18(20(30)27(22)2)11-17(26-28)19(29)24-12-14-7-3-6-10-16(14)23/h3,6-7,10-11,15H,4-5,8-9,12-13H2,1-2H3,(H,24,29)(H,25,31)/t22-/m0/s1. The summed E-state index contributed by atoms with van der Waals surface area (Å²) in [6.07, 6.45) is 4.06. The normalized spacial score (nSPS) is 21.1. The first-order valence-corrected chi connectivity index (χ1v) is 10.5. The maximum atomic E-state index is 13.8. The average molecular weight is 427 g/mol. The van der Waals surface area contributed by atoms with Gasteiger partial charge in [-0.05, 0) is 25.8 Å². The third-order valence-corrected chi connectivity index (χ3v) is 6.31. The molecule has 3 amide bonds. The van der Waals surface area contributed by atoms with E-state index in [1.807, 2.05) is 0 Å². The molecule has 1 fully saturated rings. The molecular formula is C22H26FN5O3. The third-order valence-electron chi connectivity index (χ3n) is 6.31. The summed E-state index contributed by atoms with van der Waals surface area (Å²) in [5.74, 6) is -1.52. The lowest BCUT2D eigenvalue weighted by Gasteiger charge is -2.41. The van der Waals surface area contributed by atoms with Gasteiger partial charge >= 0.3 is 0 Å².